The largest absolute Gasteiger partial charge is 0.341 e. The van der Waals surface area contributed by atoms with Crippen molar-refractivity contribution in [3.05, 3.63) is 0 Å². The summed E-state index contributed by atoms with van der Waals surface area (Å²) < 4.78 is 0. The van der Waals surface area contributed by atoms with Crippen LogP contribution < -0.4 is 0 Å². The predicted octanol–water partition coefficient (Wildman–Crippen LogP) is 1.34. The second-order valence-corrected chi connectivity index (χ2v) is 3.92. The zero-order chi connectivity index (χ0) is 12.6. The van der Waals surface area contributed by atoms with Gasteiger partial charge in [-0.1, -0.05) is 13.8 Å². The first-order valence-electron chi connectivity index (χ1n) is 5.98. The topological polar surface area (TPSA) is 47.3 Å². The third-order valence-corrected chi connectivity index (χ3v) is 2.70. The van der Waals surface area contributed by atoms with Gasteiger partial charge in [-0.05, 0) is 26.9 Å². The molecular weight excluding hydrogens is 202 g/mol. The van der Waals surface area contributed by atoms with Crippen LogP contribution in [0.1, 0.15) is 27.7 Å². The summed E-state index contributed by atoms with van der Waals surface area (Å²) in [4.78, 5) is 15.8. The van der Waals surface area contributed by atoms with Crippen LogP contribution in [0.4, 0.5) is 0 Å². The lowest BCUT2D eigenvalue weighted by Crippen LogP contribution is -2.41. The third-order valence-electron chi connectivity index (χ3n) is 2.70. The van der Waals surface area contributed by atoms with Gasteiger partial charge in [-0.3, -0.25) is 9.69 Å². The second-order valence-electron chi connectivity index (χ2n) is 3.92. The highest BCUT2D eigenvalue weighted by Gasteiger charge is 2.16. The molecular formula is C12H23N3O. The van der Waals surface area contributed by atoms with Crippen LogP contribution >= 0.6 is 0 Å². The lowest BCUT2D eigenvalue weighted by Gasteiger charge is -2.25. The monoisotopic (exact) mass is 225 g/mol. The Morgan fingerprint density at radius 2 is 1.81 bits per heavy atom. The summed E-state index contributed by atoms with van der Waals surface area (Å²) >= 11 is 0. The molecule has 0 N–H and O–H groups in total. The van der Waals surface area contributed by atoms with Crippen LogP contribution in [0.5, 0.6) is 0 Å². The fourth-order valence-corrected chi connectivity index (χ4v) is 1.52. The van der Waals surface area contributed by atoms with E-state index >= 15 is 0 Å². The van der Waals surface area contributed by atoms with E-state index in [0.717, 1.165) is 13.1 Å². The Balaban J connectivity index is 4.26. The van der Waals surface area contributed by atoms with Crippen molar-refractivity contribution >= 4 is 5.91 Å². The van der Waals surface area contributed by atoms with Gasteiger partial charge < -0.3 is 4.90 Å². The maximum atomic E-state index is 11.9. The maximum Gasteiger partial charge on any atom is 0.236 e. The predicted molar refractivity (Wildman–Crippen MR) is 64.8 cm³/mol. The van der Waals surface area contributed by atoms with Gasteiger partial charge in [0.15, 0.2) is 0 Å². The molecule has 4 heteroatoms. The first-order valence-corrected chi connectivity index (χ1v) is 5.98. The Kier molecular flexibility index (Phi) is 7.57. The highest BCUT2D eigenvalue weighted by atomic mass is 16.2. The van der Waals surface area contributed by atoms with Crippen LogP contribution in [0.15, 0.2) is 0 Å². The van der Waals surface area contributed by atoms with Crippen molar-refractivity contribution in [2.24, 2.45) is 5.92 Å². The number of hydrogen-bond donors (Lipinski definition) is 0. The summed E-state index contributed by atoms with van der Waals surface area (Å²) in [6.07, 6.45) is 0. The molecule has 0 aliphatic rings. The number of nitrogens with zero attached hydrogens (tertiary/aromatic N) is 3. The summed E-state index contributed by atoms with van der Waals surface area (Å²) in [7, 11) is 0. The zero-order valence-electron chi connectivity index (χ0n) is 10.9. The minimum atomic E-state index is -0.0967. The molecule has 0 rings (SSSR count). The molecule has 0 spiro atoms. The number of nitriles is 1. The first-order chi connectivity index (χ1) is 7.58. The van der Waals surface area contributed by atoms with E-state index in [-0.39, 0.29) is 11.8 Å². The Morgan fingerprint density at radius 1 is 1.25 bits per heavy atom. The van der Waals surface area contributed by atoms with Gasteiger partial charge in [-0.15, -0.1) is 0 Å². The van der Waals surface area contributed by atoms with Gasteiger partial charge in [0, 0.05) is 13.1 Å². The standard InChI is InChI=1S/C12H23N3O/c1-5-14(6-2)10-12(16)15(7-3)9-11(4)8-13/h11H,5-7,9-10H2,1-4H3. The molecule has 4 nitrogen and oxygen atoms in total. The summed E-state index contributed by atoms with van der Waals surface area (Å²) in [5, 5.41) is 8.74. The molecule has 0 bridgehead atoms. The summed E-state index contributed by atoms with van der Waals surface area (Å²) in [6, 6.07) is 2.16. The number of amides is 1. The molecule has 0 fully saturated rings. The SMILES string of the molecule is CCN(CC)CC(=O)N(CC)CC(C)C#N. The van der Waals surface area contributed by atoms with E-state index in [2.05, 4.69) is 11.0 Å². The molecule has 92 valence electrons. The van der Waals surface area contributed by atoms with Crippen LogP contribution in [0.25, 0.3) is 0 Å². The van der Waals surface area contributed by atoms with Gasteiger partial charge >= 0.3 is 0 Å². The molecule has 1 amide bonds. The van der Waals surface area contributed by atoms with Crippen molar-refractivity contribution in [3.63, 3.8) is 0 Å². The maximum absolute atomic E-state index is 11.9. The van der Waals surface area contributed by atoms with Crippen molar-refractivity contribution in [3.8, 4) is 6.07 Å². The quantitative estimate of drug-likeness (QED) is 0.657. The van der Waals surface area contributed by atoms with E-state index in [1.54, 1.807) is 4.90 Å². The van der Waals surface area contributed by atoms with E-state index in [0.29, 0.717) is 19.6 Å². The van der Waals surface area contributed by atoms with Crippen molar-refractivity contribution in [2.45, 2.75) is 27.7 Å². The fourth-order valence-electron chi connectivity index (χ4n) is 1.52. The van der Waals surface area contributed by atoms with Gasteiger partial charge in [-0.25, -0.2) is 0 Å². The van der Waals surface area contributed by atoms with Gasteiger partial charge in [0.1, 0.15) is 0 Å². The number of carbonyl (C=O) groups is 1. The van der Waals surface area contributed by atoms with Crippen molar-refractivity contribution in [2.75, 3.05) is 32.7 Å². The van der Waals surface area contributed by atoms with E-state index in [4.69, 9.17) is 5.26 Å². The second kappa shape index (κ2) is 8.12. The number of rotatable bonds is 7. The van der Waals surface area contributed by atoms with Gasteiger partial charge in [0.2, 0.25) is 5.91 Å². The smallest absolute Gasteiger partial charge is 0.236 e. The van der Waals surface area contributed by atoms with Gasteiger partial charge in [0.05, 0.1) is 18.5 Å². The van der Waals surface area contributed by atoms with E-state index in [1.807, 2.05) is 27.7 Å². The molecule has 0 aromatic heterocycles. The van der Waals surface area contributed by atoms with Crippen LogP contribution in [0.3, 0.4) is 0 Å². The summed E-state index contributed by atoms with van der Waals surface area (Å²) in [5.74, 6) is 0.0221. The Morgan fingerprint density at radius 3 is 2.19 bits per heavy atom. The highest BCUT2D eigenvalue weighted by molar-refractivity contribution is 5.78. The normalized spacial score (nSPS) is 12.2. The molecule has 0 saturated carbocycles. The lowest BCUT2D eigenvalue weighted by molar-refractivity contribution is -0.132. The number of likely N-dealkylation sites (N-methyl/N-ethyl adjacent to an activating group) is 2. The average molecular weight is 225 g/mol. The fraction of sp³-hybridized carbons (Fsp3) is 0.833. The van der Waals surface area contributed by atoms with Crippen LogP contribution in [-0.4, -0.2) is 48.4 Å². The van der Waals surface area contributed by atoms with Crippen LogP contribution in [0.2, 0.25) is 0 Å². The minimum Gasteiger partial charge on any atom is -0.341 e. The lowest BCUT2D eigenvalue weighted by atomic mass is 10.2. The molecule has 1 unspecified atom stereocenters. The van der Waals surface area contributed by atoms with Gasteiger partial charge in [0.25, 0.3) is 0 Å². The number of hydrogen-bond acceptors (Lipinski definition) is 3. The average Bonchev–Trinajstić information content (AvgIpc) is 2.31. The number of carbonyl (C=O) groups excluding carboxylic acids is 1. The van der Waals surface area contributed by atoms with Crippen LogP contribution in [-0.2, 0) is 4.79 Å². The van der Waals surface area contributed by atoms with Crippen LogP contribution in [0, 0.1) is 17.2 Å². The molecule has 0 saturated heterocycles. The van der Waals surface area contributed by atoms with Crippen molar-refractivity contribution in [1.82, 2.24) is 9.80 Å². The molecule has 1 atom stereocenters. The van der Waals surface area contributed by atoms with E-state index in [1.165, 1.54) is 0 Å². The molecule has 0 aromatic rings. The minimum absolute atomic E-state index is 0.0967. The first kappa shape index (κ1) is 14.9. The Labute approximate surface area is 98.8 Å². The van der Waals surface area contributed by atoms with E-state index < -0.39 is 0 Å². The van der Waals surface area contributed by atoms with Gasteiger partial charge in [-0.2, -0.15) is 5.26 Å². The molecule has 0 aliphatic heterocycles. The van der Waals surface area contributed by atoms with Crippen molar-refractivity contribution < 1.29 is 4.79 Å². The Hall–Kier alpha value is -1.08. The zero-order valence-corrected chi connectivity index (χ0v) is 10.9. The molecule has 0 aliphatic carbocycles. The third kappa shape index (κ3) is 5.13. The molecule has 0 radical (unpaired) electrons. The van der Waals surface area contributed by atoms with Crippen molar-refractivity contribution in [1.29, 1.82) is 5.26 Å². The highest BCUT2D eigenvalue weighted by Crippen LogP contribution is 2.00. The molecule has 16 heavy (non-hydrogen) atoms. The summed E-state index contributed by atoms with van der Waals surface area (Å²) in [5.41, 5.74) is 0. The van der Waals surface area contributed by atoms with E-state index in [9.17, 15) is 4.79 Å². The summed E-state index contributed by atoms with van der Waals surface area (Å²) in [6.45, 7) is 11.3. The molecule has 0 aromatic carbocycles. The molecule has 0 heterocycles. The Bertz CT molecular complexity index is 243.